The Morgan fingerprint density at radius 2 is 1.74 bits per heavy atom. The standard InChI is InChI=1S/C24H40N6O4/c1-3-5-11-30-22(25)21(23(33)26-24(30)34)29(4-2)20(32)17-27-12-14-28(15-13-27)19(31)16-18-9-7-6-8-10-18/h18H,3-17,25H2,1-2H3,(H,26,33,34). The molecule has 190 valence electrons. The van der Waals surface area contributed by atoms with Crippen LogP contribution in [0.25, 0.3) is 0 Å². The van der Waals surface area contributed by atoms with Crippen molar-refractivity contribution in [3.8, 4) is 0 Å². The van der Waals surface area contributed by atoms with E-state index in [1.165, 1.54) is 28.7 Å². The lowest BCUT2D eigenvalue weighted by atomic mass is 9.86. The molecule has 34 heavy (non-hydrogen) atoms. The smallest absolute Gasteiger partial charge is 0.330 e. The van der Waals surface area contributed by atoms with Gasteiger partial charge in [0.15, 0.2) is 5.69 Å². The maximum atomic E-state index is 13.1. The first kappa shape index (κ1) is 26.0. The number of nitrogen functional groups attached to an aromatic ring is 1. The lowest BCUT2D eigenvalue weighted by molar-refractivity contribution is -0.134. The van der Waals surface area contributed by atoms with Gasteiger partial charge in [0.1, 0.15) is 5.82 Å². The summed E-state index contributed by atoms with van der Waals surface area (Å²) in [5, 5.41) is 0. The van der Waals surface area contributed by atoms with Gasteiger partial charge >= 0.3 is 5.69 Å². The van der Waals surface area contributed by atoms with Gasteiger partial charge in [-0.1, -0.05) is 32.6 Å². The van der Waals surface area contributed by atoms with Crippen LogP contribution in [0.2, 0.25) is 0 Å². The number of aromatic nitrogens is 2. The number of amides is 2. The van der Waals surface area contributed by atoms with E-state index < -0.39 is 11.2 Å². The van der Waals surface area contributed by atoms with E-state index in [9.17, 15) is 19.2 Å². The van der Waals surface area contributed by atoms with Gasteiger partial charge in [0.25, 0.3) is 5.56 Å². The minimum absolute atomic E-state index is 0.0236. The fraction of sp³-hybridized carbons (Fsp3) is 0.750. The highest BCUT2D eigenvalue weighted by molar-refractivity contribution is 5.96. The van der Waals surface area contributed by atoms with Crippen LogP contribution in [0, 0.1) is 5.92 Å². The maximum absolute atomic E-state index is 13.1. The number of likely N-dealkylation sites (N-methyl/N-ethyl adjacent to an activating group) is 1. The molecule has 1 saturated carbocycles. The van der Waals surface area contributed by atoms with E-state index in [1.807, 2.05) is 16.7 Å². The van der Waals surface area contributed by atoms with Crippen molar-refractivity contribution in [1.82, 2.24) is 19.4 Å². The number of carbonyl (C=O) groups is 2. The van der Waals surface area contributed by atoms with Crippen LogP contribution >= 0.6 is 0 Å². The zero-order valence-electron chi connectivity index (χ0n) is 20.7. The number of nitrogens with one attached hydrogen (secondary N) is 1. The average Bonchev–Trinajstić information content (AvgIpc) is 2.82. The average molecular weight is 477 g/mol. The van der Waals surface area contributed by atoms with E-state index in [-0.39, 0.29) is 36.4 Å². The number of nitrogens with two attached hydrogens (primary N) is 1. The van der Waals surface area contributed by atoms with Crippen molar-refractivity contribution in [3.63, 3.8) is 0 Å². The molecule has 2 fully saturated rings. The zero-order chi connectivity index (χ0) is 24.7. The molecular weight excluding hydrogens is 436 g/mol. The third-order valence-electron chi connectivity index (χ3n) is 7.11. The summed E-state index contributed by atoms with van der Waals surface area (Å²) in [5.74, 6) is 0.516. The Hall–Kier alpha value is -2.62. The van der Waals surface area contributed by atoms with Crippen molar-refractivity contribution in [1.29, 1.82) is 0 Å². The Balaban J connectivity index is 1.60. The van der Waals surface area contributed by atoms with Gasteiger partial charge in [-0.05, 0) is 32.1 Å². The van der Waals surface area contributed by atoms with E-state index in [0.717, 1.165) is 25.7 Å². The molecule has 2 amide bonds. The number of aromatic amines is 1. The van der Waals surface area contributed by atoms with Crippen LogP contribution in [0.3, 0.4) is 0 Å². The number of hydrogen-bond acceptors (Lipinski definition) is 6. The van der Waals surface area contributed by atoms with E-state index in [4.69, 9.17) is 5.73 Å². The third kappa shape index (κ3) is 6.28. The third-order valence-corrected chi connectivity index (χ3v) is 7.11. The fourth-order valence-electron chi connectivity index (χ4n) is 5.03. The van der Waals surface area contributed by atoms with Crippen LogP contribution in [0.4, 0.5) is 11.5 Å². The van der Waals surface area contributed by atoms with Crippen LogP contribution < -0.4 is 21.9 Å². The normalized spacial score (nSPS) is 17.6. The van der Waals surface area contributed by atoms with Crippen LogP contribution in [0.5, 0.6) is 0 Å². The molecule has 1 saturated heterocycles. The number of rotatable bonds is 9. The molecular formula is C24H40N6O4. The Bertz CT molecular complexity index is 957. The van der Waals surface area contributed by atoms with Crippen LogP contribution in [0.15, 0.2) is 9.59 Å². The molecule has 2 heterocycles. The zero-order valence-corrected chi connectivity index (χ0v) is 20.7. The molecule has 10 nitrogen and oxygen atoms in total. The molecule has 0 unspecified atom stereocenters. The summed E-state index contributed by atoms with van der Waals surface area (Å²) in [5.41, 5.74) is 5.02. The van der Waals surface area contributed by atoms with Crippen LogP contribution in [0.1, 0.15) is 65.2 Å². The Labute approximate surface area is 201 Å². The molecule has 1 aliphatic heterocycles. The van der Waals surface area contributed by atoms with Crippen molar-refractivity contribution in [3.05, 3.63) is 20.8 Å². The molecule has 3 N–H and O–H groups in total. The monoisotopic (exact) mass is 476 g/mol. The first-order valence-corrected chi connectivity index (χ1v) is 12.8. The first-order chi connectivity index (χ1) is 16.3. The summed E-state index contributed by atoms with van der Waals surface area (Å²) in [4.78, 5) is 58.2. The Morgan fingerprint density at radius 1 is 1.06 bits per heavy atom. The number of anilines is 2. The highest BCUT2D eigenvalue weighted by atomic mass is 16.2. The Morgan fingerprint density at radius 3 is 2.35 bits per heavy atom. The lowest BCUT2D eigenvalue weighted by Crippen LogP contribution is -2.52. The van der Waals surface area contributed by atoms with Gasteiger partial charge < -0.3 is 15.5 Å². The van der Waals surface area contributed by atoms with E-state index in [0.29, 0.717) is 45.1 Å². The van der Waals surface area contributed by atoms with Crippen molar-refractivity contribution in [2.75, 3.05) is 49.9 Å². The molecule has 1 aromatic rings. The molecule has 0 spiro atoms. The second-order valence-electron chi connectivity index (χ2n) is 9.50. The van der Waals surface area contributed by atoms with Gasteiger partial charge in [-0.2, -0.15) is 0 Å². The van der Waals surface area contributed by atoms with Gasteiger partial charge in [0.2, 0.25) is 11.8 Å². The second kappa shape index (κ2) is 12.2. The second-order valence-corrected chi connectivity index (χ2v) is 9.50. The van der Waals surface area contributed by atoms with Gasteiger partial charge in [-0.25, -0.2) is 4.79 Å². The van der Waals surface area contributed by atoms with E-state index >= 15 is 0 Å². The SMILES string of the molecule is CCCCn1c(N)c(N(CC)C(=O)CN2CCN(C(=O)CC3CCCCC3)CC2)c(=O)[nH]c1=O. The lowest BCUT2D eigenvalue weighted by Gasteiger charge is -2.36. The van der Waals surface area contributed by atoms with Gasteiger partial charge in [0, 0.05) is 45.7 Å². The van der Waals surface area contributed by atoms with Crippen LogP contribution in [-0.2, 0) is 16.1 Å². The summed E-state index contributed by atoms with van der Waals surface area (Å²) < 4.78 is 1.33. The quantitative estimate of drug-likeness (QED) is 0.555. The highest BCUT2D eigenvalue weighted by Gasteiger charge is 2.28. The Kier molecular flexibility index (Phi) is 9.32. The number of carbonyl (C=O) groups excluding carboxylic acids is 2. The number of H-pyrrole nitrogens is 1. The van der Waals surface area contributed by atoms with Gasteiger partial charge in [0.05, 0.1) is 6.54 Å². The number of nitrogens with zero attached hydrogens (tertiary/aromatic N) is 4. The maximum Gasteiger partial charge on any atom is 0.330 e. The topological polar surface area (TPSA) is 125 Å². The van der Waals surface area contributed by atoms with Crippen molar-refractivity contribution < 1.29 is 9.59 Å². The fourth-order valence-corrected chi connectivity index (χ4v) is 5.03. The molecule has 0 atom stereocenters. The summed E-state index contributed by atoms with van der Waals surface area (Å²) in [6, 6.07) is 0. The van der Waals surface area contributed by atoms with Crippen molar-refractivity contribution in [2.45, 2.75) is 71.8 Å². The summed E-state index contributed by atoms with van der Waals surface area (Å²) >= 11 is 0. The molecule has 0 aromatic carbocycles. The minimum atomic E-state index is -0.649. The van der Waals surface area contributed by atoms with Crippen molar-refractivity contribution in [2.24, 2.45) is 5.92 Å². The minimum Gasteiger partial charge on any atom is -0.383 e. The van der Waals surface area contributed by atoms with Crippen molar-refractivity contribution >= 4 is 23.3 Å². The number of piperazine rings is 1. The molecule has 0 radical (unpaired) electrons. The highest BCUT2D eigenvalue weighted by Crippen LogP contribution is 2.27. The largest absolute Gasteiger partial charge is 0.383 e. The number of unbranched alkanes of at least 4 members (excludes halogenated alkanes) is 1. The molecule has 10 heteroatoms. The molecule has 1 aliphatic carbocycles. The summed E-state index contributed by atoms with van der Waals surface area (Å²) in [6.45, 7) is 6.99. The van der Waals surface area contributed by atoms with E-state index in [2.05, 4.69) is 4.98 Å². The first-order valence-electron chi connectivity index (χ1n) is 12.8. The summed E-state index contributed by atoms with van der Waals surface area (Å²) in [6.07, 6.45) is 8.28. The molecule has 0 bridgehead atoms. The van der Waals surface area contributed by atoms with E-state index in [1.54, 1.807) is 6.92 Å². The molecule has 1 aromatic heterocycles. The summed E-state index contributed by atoms with van der Waals surface area (Å²) in [7, 11) is 0. The van der Waals surface area contributed by atoms with Gasteiger partial charge in [-0.3, -0.25) is 28.8 Å². The predicted octanol–water partition coefficient (Wildman–Crippen LogP) is 1.39. The molecule has 2 aliphatic rings. The van der Waals surface area contributed by atoms with Gasteiger partial charge in [-0.15, -0.1) is 0 Å². The predicted molar refractivity (Wildman–Crippen MR) is 133 cm³/mol. The molecule has 3 rings (SSSR count). The van der Waals surface area contributed by atoms with Crippen LogP contribution in [-0.4, -0.2) is 70.4 Å². The number of hydrogen-bond donors (Lipinski definition) is 2.